The zero-order valence-corrected chi connectivity index (χ0v) is 25.9. The molecule has 9 nitrogen and oxygen atoms in total. The molecule has 6 rings (SSSR count). The quantitative estimate of drug-likeness (QED) is 0.206. The number of halogens is 3. The lowest BCUT2D eigenvalue weighted by Gasteiger charge is -2.32. The second-order valence-electron chi connectivity index (χ2n) is 11.6. The summed E-state index contributed by atoms with van der Waals surface area (Å²) in [5.41, 5.74) is 3.76. The Labute approximate surface area is 269 Å². The van der Waals surface area contributed by atoms with Gasteiger partial charge in [-0.25, -0.2) is 0 Å². The molecule has 1 saturated heterocycles. The van der Waals surface area contributed by atoms with Crippen LogP contribution in [-0.2, 0) is 11.0 Å². The van der Waals surface area contributed by atoms with Crippen LogP contribution in [0.2, 0.25) is 0 Å². The van der Waals surface area contributed by atoms with E-state index in [2.05, 4.69) is 20.5 Å². The molecule has 0 bridgehead atoms. The monoisotopic (exact) mass is 643 g/mol. The predicted octanol–water partition coefficient (Wildman–Crippen LogP) is 6.58. The Morgan fingerprint density at radius 2 is 1.66 bits per heavy atom. The van der Waals surface area contributed by atoms with E-state index in [0.29, 0.717) is 58.4 Å². The lowest BCUT2D eigenvalue weighted by molar-refractivity contribution is -0.137. The Hall–Kier alpha value is -5.36. The number of hydrogen-bond acceptors (Lipinski definition) is 5. The predicted molar refractivity (Wildman–Crippen MR) is 173 cm³/mol. The van der Waals surface area contributed by atoms with E-state index < -0.39 is 17.6 Å². The molecule has 47 heavy (non-hydrogen) atoms. The van der Waals surface area contributed by atoms with E-state index >= 15 is 0 Å². The number of piperazine rings is 1. The number of hydrogen-bond donors (Lipinski definition) is 3. The molecule has 242 valence electrons. The normalized spacial score (nSPS) is 15.8. The maximum absolute atomic E-state index is 13.3. The lowest BCUT2D eigenvalue weighted by Crippen LogP contribution is -2.47. The van der Waals surface area contributed by atoms with Crippen LogP contribution in [0, 0.1) is 13.8 Å². The SMILES string of the molecule is Cc1[nH]c(C=C2C(=O)Nc3cc(Oc4cccc(NC(=O)c5cccc(C(F)(F)F)c5)c4)ccc32)c(C)c1C(=O)N1CCN(C)CC1. The van der Waals surface area contributed by atoms with Crippen LogP contribution >= 0.6 is 0 Å². The number of carbonyl (C=O) groups is 3. The van der Waals surface area contributed by atoms with Gasteiger partial charge in [-0.1, -0.05) is 12.1 Å². The maximum Gasteiger partial charge on any atom is 0.416 e. The van der Waals surface area contributed by atoms with E-state index in [1.807, 2.05) is 25.8 Å². The van der Waals surface area contributed by atoms with Crippen LogP contribution in [0.3, 0.4) is 0 Å². The number of H-pyrrole nitrogens is 1. The van der Waals surface area contributed by atoms with Crippen LogP contribution in [0.15, 0.2) is 66.7 Å². The summed E-state index contributed by atoms with van der Waals surface area (Å²) in [7, 11) is 2.04. The van der Waals surface area contributed by atoms with Gasteiger partial charge in [0, 0.05) is 66.5 Å². The Kier molecular flexibility index (Phi) is 8.37. The van der Waals surface area contributed by atoms with Crippen LogP contribution in [0.4, 0.5) is 24.5 Å². The standard InChI is InChI=1S/C35H32F3N5O4/c1-20-29(39-21(2)31(20)34(46)43-14-12-42(3)13-15-43)19-28-27-11-10-26(18-30(27)41-33(28)45)47-25-9-5-8-24(17-25)40-32(44)22-6-4-7-23(16-22)35(36,37)38/h4-11,16-19,39H,12-15H2,1-3H3,(H,40,44)(H,41,45). The largest absolute Gasteiger partial charge is 0.457 e. The third-order valence-electron chi connectivity index (χ3n) is 8.32. The second-order valence-corrected chi connectivity index (χ2v) is 11.6. The second kappa shape index (κ2) is 12.4. The van der Waals surface area contributed by atoms with E-state index in [-0.39, 0.29) is 17.4 Å². The van der Waals surface area contributed by atoms with E-state index in [9.17, 15) is 27.6 Å². The molecule has 0 aliphatic carbocycles. The van der Waals surface area contributed by atoms with Crippen molar-refractivity contribution in [2.24, 2.45) is 0 Å². The van der Waals surface area contributed by atoms with Crippen molar-refractivity contribution >= 4 is 40.7 Å². The number of nitrogens with one attached hydrogen (secondary N) is 3. The minimum atomic E-state index is -4.57. The topological polar surface area (TPSA) is 107 Å². The minimum absolute atomic E-state index is 0.0219. The molecular weight excluding hydrogens is 611 g/mol. The number of anilines is 2. The van der Waals surface area contributed by atoms with Crippen LogP contribution < -0.4 is 15.4 Å². The Morgan fingerprint density at radius 1 is 0.936 bits per heavy atom. The summed E-state index contributed by atoms with van der Waals surface area (Å²) in [5, 5.41) is 5.46. The fourth-order valence-electron chi connectivity index (χ4n) is 5.75. The first kappa shape index (κ1) is 31.6. The average molecular weight is 644 g/mol. The third-order valence-corrected chi connectivity index (χ3v) is 8.32. The molecule has 1 aromatic heterocycles. The van der Waals surface area contributed by atoms with Crippen molar-refractivity contribution in [2.75, 3.05) is 43.9 Å². The summed E-state index contributed by atoms with van der Waals surface area (Å²) in [4.78, 5) is 46.4. The summed E-state index contributed by atoms with van der Waals surface area (Å²) < 4.78 is 45.2. The Bertz CT molecular complexity index is 1920. The number of nitrogens with zero attached hydrogens (tertiary/aromatic N) is 2. The van der Waals surface area contributed by atoms with Gasteiger partial charge in [0.1, 0.15) is 11.5 Å². The summed E-state index contributed by atoms with van der Waals surface area (Å²) >= 11 is 0. The molecule has 0 saturated carbocycles. The number of aryl methyl sites for hydroxylation is 1. The fourth-order valence-corrected chi connectivity index (χ4v) is 5.75. The van der Waals surface area contributed by atoms with Gasteiger partial charge in [-0.15, -0.1) is 0 Å². The maximum atomic E-state index is 13.3. The number of rotatable bonds is 6. The van der Waals surface area contributed by atoms with Gasteiger partial charge in [-0.05, 0) is 75.0 Å². The van der Waals surface area contributed by atoms with Crippen LogP contribution in [-0.4, -0.2) is 65.7 Å². The molecule has 2 aliphatic rings. The van der Waals surface area contributed by atoms with Gasteiger partial charge in [0.25, 0.3) is 17.7 Å². The number of aromatic amines is 1. The van der Waals surface area contributed by atoms with E-state index in [0.717, 1.165) is 36.5 Å². The van der Waals surface area contributed by atoms with Crippen molar-refractivity contribution in [1.82, 2.24) is 14.8 Å². The van der Waals surface area contributed by atoms with Crippen molar-refractivity contribution in [1.29, 1.82) is 0 Å². The molecule has 0 radical (unpaired) electrons. The van der Waals surface area contributed by atoms with E-state index in [1.54, 1.807) is 48.5 Å². The lowest BCUT2D eigenvalue weighted by atomic mass is 10.0. The highest BCUT2D eigenvalue weighted by molar-refractivity contribution is 6.35. The van der Waals surface area contributed by atoms with E-state index in [1.165, 1.54) is 12.1 Å². The zero-order chi connectivity index (χ0) is 33.5. The first-order valence-electron chi connectivity index (χ1n) is 15.0. The van der Waals surface area contributed by atoms with Crippen LogP contribution in [0.25, 0.3) is 11.6 Å². The van der Waals surface area contributed by atoms with Crippen molar-refractivity contribution in [3.05, 3.63) is 106 Å². The molecule has 3 aromatic carbocycles. The van der Waals surface area contributed by atoms with E-state index in [4.69, 9.17) is 4.74 Å². The molecule has 0 atom stereocenters. The van der Waals surface area contributed by atoms with Gasteiger partial charge < -0.3 is 30.2 Å². The molecule has 0 unspecified atom stereocenters. The molecule has 2 aliphatic heterocycles. The number of likely N-dealkylation sites (N-methyl/N-ethyl adjacent to an activating group) is 1. The van der Waals surface area contributed by atoms with Crippen molar-refractivity contribution in [3.8, 4) is 11.5 Å². The van der Waals surface area contributed by atoms with Gasteiger partial charge in [0.05, 0.1) is 22.4 Å². The summed E-state index contributed by atoms with van der Waals surface area (Å²) in [5.74, 6) is -0.238. The van der Waals surface area contributed by atoms with Gasteiger partial charge in [-0.2, -0.15) is 13.2 Å². The minimum Gasteiger partial charge on any atom is -0.457 e. The molecule has 3 N–H and O–H groups in total. The first-order valence-corrected chi connectivity index (χ1v) is 15.0. The molecule has 4 aromatic rings. The number of ether oxygens (including phenoxy) is 1. The highest BCUT2D eigenvalue weighted by atomic mass is 19.4. The van der Waals surface area contributed by atoms with Crippen molar-refractivity contribution < 1.29 is 32.3 Å². The number of alkyl halides is 3. The number of aromatic nitrogens is 1. The zero-order valence-electron chi connectivity index (χ0n) is 25.9. The number of carbonyl (C=O) groups excluding carboxylic acids is 3. The molecule has 12 heteroatoms. The fraction of sp³-hybridized carbons (Fsp3) is 0.229. The Morgan fingerprint density at radius 3 is 2.40 bits per heavy atom. The van der Waals surface area contributed by atoms with Gasteiger partial charge in [-0.3, -0.25) is 14.4 Å². The number of amides is 3. The number of fused-ring (bicyclic) bond motifs is 1. The smallest absolute Gasteiger partial charge is 0.416 e. The van der Waals surface area contributed by atoms with Crippen LogP contribution in [0.5, 0.6) is 11.5 Å². The molecule has 3 heterocycles. The van der Waals surface area contributed by atoms with Gasteiger partial charge in [0.2, 0.25) is 0 Å². The first-order chi connectivity index (χ1) is 22.4. The highest BCUT2D eigenvalue weighted by Gasteiger charge is 2.31. The molecule has 3 amide bonds. The summed E-state index contributed by atoms with van der Waals surface area (Å²) in [6.07, 6.45) is -2.81. The van der Waals surface area contributed by atoms with Gasteiger partial charge in [0.15, 0.2) is 0 Å². The Balaban J connectivity index is 1.17. The van der Waals surface area contributed by atoms with Gasteiger partial charge >= 0.3 is 6.18 Å². The molecular formula is C35H32F3N5O4. The summed E-state index contributed by atoms with van der Waals surface area (Å²) in [6, 6.07) is 15.7. The third kappa shape index (κ3) is 6.63. The van der Waals surface area contributed by atoms with Crippen molar-refractivity contribution in [2.45, 2.75) is 20.0 Å². The number of benzene rings is 3. The molecule has 1 fully saturated rings. The molecule has 0 spiro atoms. The average Bonchev–Trinajstić information content (AvgIpc) is 3.49. The van der Waals surface area contributed by atoms with Crippen LogP contribution in [0.1, 0.15) is 48.8 Å². The van der Waals surface area contributed by atoms with Crippen molar-refractivity contribution in [3.63, 3.8) is 0 Å². The highest BCUT2D eigenvalue weighted by Crippen LogP contribution is 2.38. The summed E-state index contributed by atoms with van der Waals surface area (Å²) in [6.45, 7) is 6.69.